The van der Waals surface area contributed by atoms with E-state index < -0.39 is 0 Å². The monoisotopic (exact) mass is 335 g/mol. The van der Waals surface area contributed by atoms with Gasteiger partial charge in [-0.2, -0.15) is 4.98 Å². The molecular weight excluding hydrogens is 314 g/mol. The molecule has 0 saturated carbocycles. The number of carbonyl (C=O) groups excluding carboxylic acids is 1. The molecule has 6 nitrogen and oxygen atoms in total. The number of nitrogens with zero attached hydrogens (tertiary/aromatic N) is 4. The predicted molar refractivity (Wildman–Crippen MR) is 94.7 cm³/mol. The summed E-state index contributed by atoms with van der Waals surface area (Å²) in [4.78, 5) is 21.1. The lowest BCUT2D eigenvalue weighted by molar-refractivity contribution is 0.0940. The van der Waals surface area contributed by atoms with Crippen molar-refractivity contribution in [3.8, 4) is 0 Å². The number of rotatable bonds is 3. The quantitative estimate of drug-likeness (QED) is 0.798. The van der Waals surface area contributed by atoms with Crippen molar-refractivity contribution in [1.29, 1.82) is 0 Å². The van der Waals surface area contributed by atoms with Gasteiger partial charge in [0.25, 0.3) is 11.7 Å². The second-order valence-electron chi connectivity index (χ2n) is 6.68. The van der Waals surface area contributed by atoms with Gasteiger partial charge < -0.3 is 5.32 Å². The van der Waals surface area contributed by atoms with Crippen LogP contribution in [0.3, 0.4) is 0 Å². The minimum absolute atomic E-state index is 0.172. The molecule has 2 heterocycles. The largest absolute Gasteiger partial charge is 0.349 e. The number of hydrogen-bond donors (Lipinski definition) is 1. The van der Waals surface area contributed by atoms with Gasteiger partial charge in [-0.25, -0.2) is 9.50 Å². The van der Waals surface area contributed by atoms with Crippen LogP contribution in [0.1, 0.15) is 51.9 Å². The second-order valence-corrected chi connectivity index (χ2v) is 6.68. The maximum Gasteiger partial charge on any atom is 0.291 e. The van der Waals surface area contributed by atoms with Crippen LogP contribution in [0.4, 0.5) is 0 Å². The van der Waals surface area contributed by atoms with Gasteiger partial charge in [0, 0.05) is 23.9 Å². The van der Waals surface area contributed by atoms with Gasteiger partial charge in [0.1, 0.15) is 0 Å². The minimum Gasteiger partial charge on any atom is -0.349 e. The highest BCUT2D eigenvalue weighted by atomic mass is 16.2. The van der Waals surface area contributed by atoms with E-state index in [4.69, 9.17) is 0 Å². The number of fused-ring (bicyclic) bond motifs is 2. The Hall–Kier alpha value is -2.76. The lowest BCUT2D eigenvalue weighted by Gasteiger charge is -2.25. The van der Waals surface area contributed by atoms with E-state index in [9.17, 15) is 4.79 Å². The molecule has 0 radical (unpaired) electrons. The third kappa shape index (κ3) is 2.99. The fraction of sp³-hybridized carbons (Fsp3) is 0.368. The highest BCUT2D eigenvalue weighted by Crippen LogP contribution is 2.30. The van der Waals surface area contributed by atoms with Crippen molar-refractivity contribution in [2.24, 2.45) is 0 Å². The molecule has 25 heavy (non-hydrogen) atoms. The smallest absolute Gasteiger partial charge is 0.291 e. The second kappa shape index (κ2) is 6.27. The van der Waals surface area contributed by atoms with Gasteiger partial charge in [-0.15, -0.1) is 5.10 Å². The first kappa shape index (κ1) is 15.7. The number of aromatic nitrogens is 4. The van der Waals surface area contributed by atoms with Crippen LogP contribution in [-0.4, -0.2) is 32.0 Å². The minimum atomic E-state index is -0.245. The number of amides is 1. The summed E-state index contributed by atoms with van der Waals surface area (Å²) in [5.41, 5.74) is 4.53. The van der Waals surface area contributed by atoms with E-state index in [0.29, 0.717) is 18.2 Å². The summed E-state index contributed by atoms with van der Waals surface area (Å²) in [6, 6.07) is 10.4. The van der Waals surface area contributed by atoms with Crippen LogP contribution in [-0.2, 0) is 6.42 Å². The summed E-state index contributed by atoms with van der Waals surface area (Å²) >= 11 is 0. The summed E-state index contributed by atoms with van der Waals surface area (Å²) in [6.07, 6.45) is 3.38. The SMILES string of the molecule is Cc1cc(C)n2nc(C(=O)NCC3CCCc4ccccc43)nc2n1. The van der Waals surface area contributed by atoms with Crippen LogP contribution in [0, 0.1) is 13.8 Å². The highest BCUT2D eigenvalue weighted by Gasteiger charge is 2.22. The van der Waals surface area contributed by atoms with E-state index in [1.807, 2.05) is 19.9 Å². The highest BCUT2D eigenvalue weighted by molar-refractivity contribution is 5.90. The summed E-state index contributed by atoms with van der Waals surface area (Å²) in [7, 11) is 0. The first-order valence-corrected chi connectivity index (χ1v) is 8.69. The Morgan fingerprint density at radius 2 is 2.12 bits per heavy atom. The molecular formula is C19H21N5O. The third-order valence-corrected chi connectivity index (χ3v) is 4.82. The Labute approximate surface area is 146 Å². The molecule has 2 aromatic heterocycles. The molecule has 1 N–H and O–H groups in total. The molecule has 1 aliphatic carbocycles. The Morgan fingerprint density at radius 1 is 1.28 bits per heavy atom. The zero-order valence-electron chi connectivity index (χ0n) is 14.5. The summed E-state index contributed by atoms with van der Waals surface area (Å²) < 4.78 is 1.61. The normalized spacial score (nSPS) is 16.6. The van der Waals surface area contributed by atoms with Crippen LogP contribution in [0.25, 0.3) is 5.78 Å². The zero-order chi connectivity index (χ0) is 17.4. The number of hydrogen-bond acceptors (Lipinski definition) is 4. The van der Waals surface area contributed by atoms with Crippen molar-refractivity contribution in [3.63, 3.8) is 0 Å². The molecule has 1 aliphatic rings. The van der Waals surface area contributed by atoms with Gasteiger partial charge >= 0.3 is 0 Å². The molecule has 1 atom stereocenters. The van der Waals surface area contributed by atoms with Crippen LogP contribution < -0.4 is 5.32 Å². The molecule has 0 saturated heterocycles. The fourth-order valence-corrected chi connectivity index (χ4v) is 3.62. The topological polar surface area (TPSA) is 72.2 Å². The van der Waals surface area contributed by atoms with E-state index in [1.165, 1.54) is 11.1 Å². The maximum atomic E-state index is 12.5. The fourth-order valence-electron chi connectivity index (χ4n) is 3.62. The van der Waals surface area contributed by atoms with Crippen LogP contribution in [0.5, 0.6) is 0 Å². The van der Waals surface area contributed by atoms with Crippen molar-refractivity contribution >= 4 is 11.7 Å². The Bertz CT molecular complexity index is 946. The van der Waals surface area contributed by atoms with Gasteiger partial charge in [0.05, 0.1) is 0 Å². The molecule has 6 heteroatoms. The van der Waals surface area contributed by atoms with Crippen molar-refractivity contribution in [1.82, 2.24) is 24.9 Å². The van der Waals surface area contributed by atoms with Crippen molar-refractivity contribution < 1.29 is 4.79 Å². The summed E-state index contributed by atoms with van der Waals surface area (Å²) in [6.45, 7) is 4.44. The first-order valence-electron chi connectivity index (χ1n) is 8.69. The molecule has 1 unspecified atom stereocenters. The molecule has 0 fully saturated rings. The molecule has 1 amide bonds. The maximum absolute atomic E-state index is 12.5. The zero-order valence-corrected chi connectivity index (χ0v) is 14.5. The van der Waals surface area contributed by atoms with Crippen LogP contribution in [0.15, 0.2) is 30.3 Å². The van der Waals surface area contributed by atoms with E-state index >= 15 is 0 Å². The van der Waals surface area contributed by atoms with Crippen molar-refractivity contribution in [2.45, 2.75) is 39.0 Å². The molecule has 4 rings (SSSR count). The Kier molecular flexibility index (Phi) is 3.95. The lowest BCUT2D eigenvalue weighted by Crippen LogP contribution is -2.30. The molecule has 1 aromatic carbocycles. The predicted octanol–water partition coefficient (Wildman–Crippen LogP) is 2.59. The van der Waals surface area contributed by atoms with Crippen LogP contribution in [0.2, 0.25) is 0 Å². The van der Waals surface area contributed by atoms with E-state index in [1.54, 1.807) is 4.52 Å². The van der Waals surface area contributed by atoms with Crippen molar-refractivity contribution in [2.75, 3.05) is 6.54 Å². The van der Waals surface area contributed by atoms with Crippen molar-refractivity contribution in [3.05, 3.63) is 58.7 Å². The van der Waals surface area contributed by atoms with E-state index in [0.717, 1.165) is 30.7 Å². The van der Waals surface area contributed by atoms with E-state index in [2.05, 4.69) is 44.6 Å². The molecule has 128 valence electrons. The lowest BCUT2D eigenvalue weighted by atomic mass is 9.83. The molecule has 3 aromatic rings. The van der Waals surface area contributed by atoms with Gasteiger partial charge in [-0.1, -0.05) is 24.3 Å². The Morgan fingerprint density at radius 3 is 3.00 bits per heavy atom. The number of nitrogens with one attached hydrogen (secondary N) is 1. The van der Waals surface area contributed by atoms with Crippen LogP contribution >= 0.6 is 0 Å². The number of aryl methyl sites for hydroxylation is 3. The summed E-state index contributed by atoms with van der Waals surface area (Å²) in [5.74, 6) is 0.745. The van der Waals surface area contributed by atoms with Gasteiger partial charge in [0.2, 0.25) is 5.82 Å². The third-order valence-electron chi connectivity index (χ3n) is 4.82. The van der Waals surface area contributed by atoms with Gasteiger partial charge in [-0.05, 0) is 50.3 Å². The van der Waals surface area contributed by atoms with Gasteiger partial charge in [-0.3, -0.25) is 4.79 Å². The average Bonchev–Trinajstić information content (AvgIpc) is 3.04. The molecule has 0 aliphatic heterocycles. The Balaban J connectivity index is 1.51. The number of benzene rings is 1. The summed E-state index contributed by atoms with van der Waals surface area (Å²) in [5, 5.41) is 7.29. The standard InChI is InChI=1S/C19H21N5O/c1-12-10-13(2)24-19(21-12)22-17(23-24)18(25)20-11-15-8-5-7-14-6-3-4-9-16(14)15/h3-4,6,9-10,15H,5,7-8,11H2,1-2H3,(H,20,25). The average molecular weight is 335 g/mol. The number of carbonyl (C=O) groups is 1. The first-order chi connectivity index (χ1) is 12.1. The molecule has 0 spiro atoms. The van der Waals surface area contributed by atoms with Gasteiger partial charge in [0.15, 0.2) is 0 Å². The van der Waals surface area contributed by atoms with E-state index in [-0.39, 0.29) is 11.7 Å². The molecule has 0 bridgehead atoms.